The second kappa shape index (κ2) is 5.48. The van der Waals surface area contributed by atoms with Crippen molar-refractivity contribution in [2.75, 3.05) is 26.7 Å². The van der Waals surface area contributed by atoms with E-state index in [0.29, 0.717) is 6.54 Å². The molecule has 0 spiro atoms. The van der Waals surface area contributed by atoms with E-state index in [1.165, 1.54) is 18.2 Å². The van der Waals surface area contributed by atoms with Gasteiger partial charge in [0.25, 0.3) is 5.91 Å². The number of aromatic hydroxyl groups is 2. The highest BCUT2D eigenvalue weighted by molar-refractivity contribution is 5.97. The standard InChI is InChI=1S/C14H20N2O3/c1-10-9-15(2)6-3-7-16(10)14(19)12-5-4-11(17)8-13(12)18/h4-5,8,10,17-18H,3,6-7,9H2,1-2H3. The van der Waals surface area contributed by atoms with Crippen LogP contribution in [0.3, 0.4) is 0 Å². The Kier molecular flexibility index (Phi) is 3.95. The molecule has 0 bridgehead atoms. The van der Waals surface area contributed by atoms with Crippen molar-refractivity contribution < 1.29 is 15.0 Å². The van der Waals surface area contributed by atoms with E-state index in [0.717, 1.165) is 19.5 Å². The second-order valence-electron chi connectivity index (χ2n) is 5.16. The highest BCUT2D eigenvalue weighted by atomic mass is 16.3. The van der Waals surface area contributed by atoms with E-state index >= 15 is 0 Å². The lowest BCUT2D eigenvalue weighted by Gasteiger charge is -2.28. The average molecular weight is 264 g/mol. The fourth-order valence-corrected chi connectivity index (χ4v) is 2.53. The molecule has 0 aliphatic carbocycles. The Morgan fingerprint density at radius 1 is 1.32 bits per heavy atom. The Hall–Kier alpha value is -1.75. The molecule has 0 radical (unpaired) electrons. The first-order valence-electron chi connectivity index (χ1n) is 6.50. The van der Waals surface area contributed by atoms with Gasteiger partial charge in [0.05, 0.1) is 5.56 Å². The molecule has 1 aliphatic rings. The van der Waals surface area contributed by atoms with Crippen LogP contribution in [-0.2, 0) is 0 Å². The minimum atomic E-state index is -0.180. The van der Waals surface area contributed by atoms with Gasteiger partial charge in [-0.05, 0) is 39.1 Å². The molecule has 1 unspecified atom stereocenters. The average Bonchev–Trinajstić information content (AvgIpc) is 2.49. The fourth-order valence-electron chi connectivity index (χ4n) is 2.53. The number of hydrogen-bond acceptors (Lipinski definition) is 4. The summed E-state index contributed by atoms with van der Waals surface area (Å²) < 4.78 is 0. The minimum absolute atomic E-state index is 0.0438. The molecule has 5 heteroatoms. The summed E-state index contributed by atoms with van der Waals surface area (Å²) in [5.74, 6) is -0.396. The molecule has 104 valence electrons. The summed E-state index contributed by atoms with van der Waals surface area (Å²) in [6.45, 7) is 4.49. The van der Waals surface area contributed by atoms with E-state index in [2.05, 4.69) is 4.90 Å². The first-order valence-corrected chi connectivity index (χ1v) is 6.50. The largest absolute Gasteiger partial charge is 0.508 e. The fraction of sp³-hybridized carbons (Fsp3) is 0.500. The molecule has 1 saturated heterocycles. The number of benzene rings is 1. The van der Waals surface area contributed by atoms with Crippen LogP contribution in [0, 0.1) is 0 Å². The number of rotatable bonds is 1. The number of carbonyl (C=O) groups is 1. The van der Waals surface area contributed by atoms with Crippen molar-refractivity contribution in [1.29, 1.82) is 0 Å². The molecule has 1 heterocycles. The highest BCUT2D eigenvalue weighted by Gasteiger charge is 2.26. The van der Waals surface area contributed by atoms with Gasteiger partial charge in [-0.3, -0.25) is 4.79 Å². The number of carbonyl (C=O) groups excluding carboxylic acids is 1. The third-order valence-electron chi connectivity index (χ3n) is 3.52. The van der Waals surface area contributed by atoms with Crippen LogP contribution in [0.25, 0.3) is 0 Å². The lowest BCUT2D eigenvalue weighted by atomic mass is 10.1. The van der Waals surface area contributed by atoms with E-state index in [1.807, 2.05) is 14.0 Å². The summed E-state index contributed by atoms with van der Waals surface area (Å²) >= 11 is 0. The summed E-state index contributed by atoms with van der Waals surface area (Å²) in [7, 11) is 2.04. The minimum Gasteiger partial charge on any atom is -0.508 e. The monoisotopic (exact) mass is 264 g/mol. The summed E-state index contributed by atoms with van der Waals surface area (Å²) in [6, 6.07) is 4.19. The van der Waals surface area contributed by atoms with Crippen LogP contribution >= 0.6 is 0 Å². The smallest absolute Gasteiger partial charge is 0.257 e. The maximum absolute atomic E-state index is 12.5. The number of hydrogen-bond donors (Lipinski definition) is 2. The van der Waals surface area contributed by atoms with Gasteiger partial charge in [0.2, 0.25) is 0 Å². The lowest BCUT2D eigenvalue weighted by Crippen LogP contribution is -2.42. The molecule has 2 rings (SSSR count). The zero-order chi connectivity index (χ0) is 14.0. The molecule has 5 nitrogen and oxygen atoms in total. The quantitative estimate of drug-likeness (QED) is 0.801. The van der Waals surface area contributed by atoms with Crippen LogP contribution in [0.5, 0.6) is 11.5 Å². The van der Waals surface area contributed by atoms with E-state index < -0.39 is 0 Å². The van der Waals surface area contributed by atoms with E-state index in [4.69, 9.17) is 0 Å². The molecule has 1 fully saturated rings. The first kappa shape index (κ1) is 13.7. The number of likely N-dealkylation sites (N-methyl/N-ethyl adjacent to an activating group) is 1. The molecular formula is C14H20N2O3. The molecular weight excluding hydrogens is 244 g/mol. The van der Waals surface area contributed by atoms with E-state index in [-0.39, 0.29) is 29.0 Å². The Bertz CT molecular complexity index is 476. The third-order valence-corrected chi connectivity index (χ3v) is 3.52. The molecule has 19 heavy (non-hydrogen) atoms. The van der Waals surface area contributed by atoms with Crippen LogP contribution in [0.4, 0.5) is 0 Å². The molecule has 1 amide bonds. The maximum Gasteiger partial charge on any atom is 0.257 e. The predicted octanol–water partition coefficient (Wildman–Crippen LogP) is 1.26. The van der Waals surface area contributed by atoms with E-state index in [9.17, 15) is 15.0 Å². The van der Waals surface area contributed by atoms with Gasteiger partial charge in [0, 0.05) is 25.2 Å². The SMILES string of the molecule is CC1CN(C)CCCN1C(=O)c1ccc(O)cc1O. The van der Waals surface area contributed by atoms with Crippen molar-refractivity contribution in [1.82, 2.24) is 9.80 Å². The van der Waals surface area contributed by atoms with Crippen LogP contribution in [-0.4, -0.2) is 58.6 Å². The lowest BCUT2D eigenvalue weighted by molar-refractivity contribution is 0.0693. The van der Waals surface area contributed by atoms with Crippen molar-refractivity contribution in [3.05, 3.63) is 23.8 Å². The Morgan fingerprint density at radius 3 is 2.74 bits per heavy atom. The third kappa shape index (κ3) is 2.98. The Labute approximate surface area is 113 Å². The molecule has 0 aromatic heterocycles. The van der Waals surface area contributed by atoms with Crippen molar-refractivity contribution in [3.63, 3.8) is 0 Å². The van der Waals surface area contributed by atoms with Gasteiger partial charge >= 0.3 is 0 Å². The van der Waals surface area contributed by atoms with Crippen LogP contribution in [0.2, 0.25) is 0 Å². The number of nitrogens with zero attached hydrogens (tertiary/aromatic N) is 2. The van der Waals surface area contributed by atoms with Crippen molar-refractivity contribution in [3.8, 4) is 11.5 Å². The Morgan fingerprint density at radius 2 is 2.05 bits per heavy atom. The van der Waals surface area contributed by atoms with Gasteiger partial charge in [0.15, 0.2) is 0 Å². The normalized spacial score (nSPS) is 21.2. The number of phenolic OH excluding ortho intramolecular Hbond substituents is 2. The van der Waals surface area contributed by atoms with Gasteiger partial charge in [0.1, 0.15) is 11.5 Å². The molecule has 0 saturated carbocycles. The van der Waals surface area contributed by atoms with Crippen LogP contribution in [0.15, 0.2) is 18.2 Å². The van der Waals surface area contributed by atoms with Gasteiger partial charge in [-0.25, -0.2) is 0 Å². The first-order chi connectivity index (χ1) is 8.99. The zero-order valence-electron chi connectivity index (χ0n) is 11.3. The Balaban J connectivity index is 2.22. The topological polar surface area (TPSA) is 64.0 Å². The summed E-state index contributed by atoms with van der Waals surface area (Å²) in [6.07, 6.45) is 0.922. The highest BCUT2D eigenvalue weighted by Crippen LogP contribution is 2.25. The van der Waals surface area contributed by atoms with Gasteiger partial charge in [-0.15, -0.1) is 0 Å². The summed E-state index contributed by atoms with van der Waals surface area (Å²) in [5, 5.41) is 19.1. The van der Waals surface area contributed by atoms with Gasteiger partial charge < -0.3 is 20.0 Å². The molecule has 1 aliphatic heterocycles. The molecule has 1 atom stereocenters. The van der Waals surface area contributed by atoms with Crippen molar-refractivity contribution in [2.45, 2.75) is 19.4 Å². The second-order valence-corrected chi connectivity index (χ2v) is 5.16. The van der Waals surface area contributed by atoms with Gasteiger partial charge in [-0.2, -0.15) is 0 Å². The van der Waals surface area contributed by atoms with Crippen molar-refractivity contribution >= 4 is 5.91 Å². The zero-order valence-corrected chi connectivity index (χ0v) is 11.3. The maximum atomic E-state index is 12.5. The van der Waals surface area contributed by atoms with Crippen LogP contribution in [0.1, 0.15) is 23.7 Å². The number of amides is 1. The summed E-state index contributed by atoms with van der Waals surface area (Å²) in [4.78, 5) is 16.5. The van der Waals surface area contributed by atoms with Crippen LogP contribution < -0.4 is 0 Å². The van der Waals surface area contributed by atoms with E-state index in [1.54, 1.807) is 4.90 Å². The number of phenols is 2. The summed E-state index contributed by atoms with van der Waals surface area (Å²) in [5.41, 5.74) is 0.245. The molecule has 1 aromatic rings. The molecule has 2 N–H and O–H groups in total. The van der Waals surface area contributed by atoms with Gasteiger partial charge in [-0.1, -0.05) is 0 Å². The molecule has 1 aromatic carbocycles. The van der Waals surface area contributed by atoms with Crippen molar-refractivity contribution in [2.24, 2.45) is 0 Å². The predicted molar refractivity (Wildman–Crippen MR) is 72.4 cm³/mol.